The van der Waals surface area contributed by atoms with E-state index >= 15 is 0 Å². The highest BCUT2D eigenvalue weighted by atomic mass is 35.5. The first-order valence-electron chi connectivity index (χ1n) is 8.62. The summed E-state index contributed by atoms with van der Waals surface area (Å²) in [6, 6.07) is 0. The Morgan fingerprint density at radius 2 is 1.96 bits per heavy atom. The second kappa shape index (κ2) is 4.80. The number of carbonyl (C=O) groups is 2. The molecule has 4 rings (SSSR count). The van der Waals surface area contributed by atoms with Crippen LogP contribution in [0.2, 0.25) is 0 Å². The van der Waals surface area contributed by atoms with Gasteiger partial charge in [-0.25, -0.2) is 0 Å². The molecule has 0 aliphatic heterocycles. The van der Waals surface area contributed by atoms with Crippen molar-refractivity contribution in [1.82, 2.24) is 0 Å². The fraction of sp³-hybridized carbons (Fsp3) is 0.684. The summed E-state index contributed by atoms with van der Waals surface area (Å²) in [7, 11) is 0. The predicted octanol–water partition coefficient (Wildman–Crippen LogP) is 3.40. The number of Topliss-reactive ketones (excluding diaryl/α,β-unsaturated/α-hetero) is 1. The third kappa shape index (κ3) is 1.93. The topological polar surface area (TPSA) is 54.4 Å². The zero-order chi connectivity index (χ0) is 16.6. The van der Waals surface area contributed by atoms with Crippen molar-refractivity contribution in [2.45, 2.75) is 52.1 Å². The molecule has 0 aromatic carbocycles. The van der Waals surface area contributed by atoms with Gasteiger partial charge in [0.25, 0.3) is 0 Å². The number of hydrogen-bond donors (Lipinski definition) is 1. The Balaban J connectivity index is 1.79. The first-order chi connectivity index (χ1) is 10.8. The molecule has 4 aliphatic rings. The summed E-state index contributed by atoms with van der Waals surface area (Å²) in [6.45, 7) is 4.15. The van der Waals surface area contributed by atoms with Crippen molar-refractivity contribution in [3.05, 3.63) is 22.8 Å². The molecule has 4 heteroatoms. The number of aliphatic hydroxyl groups is 1. The van der Waals surface area contributed by atoms with Crippen LogP contribution in [0.4, 0.5) is 0 Å². The van der Waals surface area contributed by atoms with Crippen LogP contribution < -0.4 is 0 Å². The Morgan fingerprint density at radius 1 is 1.22 bits per heavy atom. The van der Waals surface area contributed by atoms with Crippen molar-refractivity contribution in [2.24, 2.45) is 28.6 Å². The van der Waals surface area contributed by atoms with Gasteiger partial charge in [0.15, 0.2) is 5.78 Å². The molecule has 0 aromatic rings. The van der Waals surface area contributed by atoms with Gasteiger partial charge in [0.1, 0.15) is 5.78 Å². The SMILES string of the molecule is C[C@]12CC(=O)[C@H]3[C@@H](CCC4=CC(=O)C(Cl)=C[C@@]43C)[C@@H]1CC[C@@H]2O. The molecule has 0 spiro atoms. The molecular weight excluding hydrogens is 312 g/mol. The fourth-order valence-electron chi connectivity index (χ4n) is 6.06. The fourth-order valence-corrected chi connectivity index (χ4v) is 6.34. The summed E-state index contributed by atoms with van der Waals surface area (Å²) in [4.78, 5) is 25.0. The smallest absolute Gasteiger partial charge is 0.196 e. The highest BCUT2D eigenvalue weighted by Crippen LogP contribution is 2.63. The van der Waals surface area contributed by atoms with Crippen molar-refractivity contribution < 1.29 is 14.7 Å². The lowest BCUT2D eigenvalue weighted by atomic mass is 9.48. The van der Waals surface area contributed by atoms with Gasteiger partial charge in [0.05, 0.1) is 11.1 Å². The van der Waals surface area contributed by atoms with Crippen LogP contribution >= 0.6 is 11.6 Å². The number of halogens is 1. The van der Waals surface area contributed by atoms with E-state index in [1.165, 1.54) is 0 Å². The van der Waals surface area contributed by atoms with Crippen LogP contribution in [0.5, 0.6) is 0 Å². The van der Waals surface area contributed by atoms with Crippen LogP contribution in [-0.2, 0) is 9.59 Å². The first kappa shape index (κ1) is 15.6. The molecule has 6 atom stereocenters. The Hall–Kier alpha value is -0.930. The van der Waals surface area contributed by atoms with Gasteiger partial charge in [-0.3, -0.25) is 9.59 Å². The molecule has 0 unspecified atom stereocenters. The Bertz CT molecular complexity index is 664. The van der Waals surface area contributed by atoms with Gasteiger partial charge >= 0.3 is 0 Å². The lowest BCUT2D eigenvalue weighted by Gasteiger charge is -2.55. The van der Waals surface area contributed by atoms with Crippen molar-refractivity contribution >= 4 is 23.2 Å². The molecule has 3 nitrogen and oxygen atoms in total. The Kier molecular flexibility index (Phi) is 3.25. The second-order valence-electron chi connectivity index (χ2n) is 8.34. The number of carbonyl (C=O) groups excluding carboxylic acids is 2. The van der Waals surface area contributed by atoms with E-state index in [1.807, 2.05) is 6.08 Å². The van der Waals surface area contributed by atoms with Gasteiger partial charge < -0.3 is 5.11 Å². The highest BCUT2D eigenvalue weighted by molar-refractivity contribution is 6.44. The van der Waals surface area contributed by atoms with E-state index in [0.29, 0.717) is 12.3 Å². The van der Waals surface area contributed by atoms with Crippen LogP contribution in [-0.4, -0.2) is 22.8 Å². The lowest BCUT2D eigenvalue weighted by molar-refractivity contribution is -0.145. The number of fused-ring (bicyclic) bond motifs is 5. The number of hydrogen-bond acceptors (Lipinski definition) is 3. The number of ketones is 2. The predicted molar refractivity (Wildman–Crippen MR) is 87.8 cm³/mol. The molecule has 124 valence electrons. The van der Waals surface area contributed by atoms with Crippen LogP contribution in [0.3, 0.4) is 0 Å². The van der Waals surface area contributed by atoms with E-state index in [1.54, 1.807) is 6.08 Å². The van der Waals surface area contributed by atoms with Crippen LogP contribution in [0.15, 0.2) is 22.8 Å². The highest BCUT2D eigenvalue weighted by Gasteiger charge is 2.61. The van der Waals surface area contributed by atoms with Gasteiger partial charge in [0, 0.05) is 23.2 Å². The van der Waals surface area contributed by atoms with Crippen molar-refractivity contribution in [1.29, 1.82) is 0 Å². The molecule has 3 saturated carbocycles. The van der Waals surface area contributed by atoms with Crippen molar-refractivity contribution in [2.75, 3.05) is 0 Å². The average Bonchev–Trinajstić information content (AvgIpc) is 2.76. The standard InChI is InChI=1S/C19H23ClO3/c1-18-8-13(20)14(21)7-10(18)3-4-11-12-5-6-16(23)19(12,2)9-15(22)17(11)18/h7-8,11-12,16-17,23H,3-6,9H2,1-2H3/t11-,12-,16-,17+,18-,19-/m0/s1. The molecule has 0 aromatic heterocycles. The average molecular weight is 335 g/mol. The second-order valence-corrected chi connectivity index (χ2v) is 8.74. The summed E-state index contributed by atoms with van der Waals surface area (Å²) in [6.07, 6.45) is 7.14. The maximum Gasteiger partial charge on any atom is 0.196 e. The molecule has 0 bridgehead atoms. The Labute approximate surface area is 141 Å². The number of allylic oxidation sites excluding steroid dienone is 4. The van der Waals surface area contributed by atoms with Gasteiger partial charge in [-0.15, -0.1) is 0 Å². The van der Waals surface area contributed by atoms with E-state index in [2.05, 4.69) is 13.8 Å². The monoisotopic (exact) mass is 334 g/mol. The molecule has 0 radical (unpaired) electrons. The van der Waals surface area contributed by atoms with Crippen molar-refractivity contribution in [3.8, 4) is 0 Å². The number of aliphatic hydroxyl groups excluding tert-OH is 1. The molecular formula is C19H23ClO3. The summed E-state index contributed by atoms with van der Waals surface area (Å²) in [5.41, 5.74) is 0.358. The molecule has 1 N–H and O–H groups in total. The molecule has 23 heavy (non-hydrogen) atoms. The minimum absolute atomic E-state index is 0.104. The van der Waals surface area contributed by atoms with Gasteiger partial charge in [0.2, 0.25) is 0 Å². The van der Waals surface area contributed by atoms with E-state index in [9.17, 15) is 14.7 Å². The summed E-state index contributed by atoms with van der Waals surface area (Å²) in [5.74, 6) is 0.672. The largest absolute Gasteiger partial charge is 0.393 e. The van der Waals surface area contributed by atoms with E-state index in [0.717, 1.165) is 31.3 Å². The zero-order valence-electron chi connectivity index (χ0n) is 13.6. The Morgan fingerprint density at radius 3 is 2.70 bits per heavy atom. The minimum Gasteiger partial charge on any atom is -0.393 e. The van der Waals surface area contributed by atoms with Crippen LogP contribution in [0.25, 0.3) is 0 Å². The molecule has 4 aliphatic carbocycles. The maximum absolute atomic E-state index is 13.1. The molecule has 3 fully saturated rings. The summed E-state index contributed by atoms with van der Waals surface area (Å²) >= 11 is 6.13. The number of rotatable bonds is 0. The summed E-state index contributed by atoms with van der Waals surface area (Å²) < 4.78 is 0. The van der Waals surface area contributed by atoms with Gasteiger partial charge in [-0.05, 0) is 43.6 Å². The maximum atomic E-state index is 13.1. The van der Waals surface area contributed by atoms with E-state index < -0.39 is 5.41 Å². The third-order valence-corrected chi connectivity index (χ3v) is 7.55. The van der Waals surface area contributed by atoms with E-state index in [4.69, 9.17) is 11.6 Å². The van der Waals surface area contributed by atoms with Crippen LogP contribution in [0, 0.1) is 28.6 Å². The normalized spacial score (nSPS) is 49.0. The summed E-state index contributed by atoms with van der Waals surface area (Å²) in [5, 5.41) is 10.7. The minimum atomic E-state index is -0.431. The van der Waals surface area contributed by atoms with E-state index in [-0.39, 0.29) is 40.0 Å². The molecule has 0 amide bonds. The zero-order valence-corrected chi connectivity index (χ0v) is 14.4. The molecule has 0 saturated heterocycles. The van der Waals surface area contributed by atoms with Crippen molar-refractivity contribution in [3.63, 3.8) is 0 Å². The quantitative estimate of drug-likeness (QED) is 0.738. The van der Waals surface area contributed by atoms with Gasteiger partial charge in [-0.2, -0.15) is 0 Å². The lowest BCUT2D eigenvalue weighted by Crippen LogP contribution is -2.55. The first-order valence-corrected chi connectivity index (χ1v) is 8.99. The third-order valence-electron chi connectivity index (χ3n) is 7.26. The van der Waals surface area contributed by atoms with Gasteiger partial charge in [-0.1, -0.05) is 37.1 Å². The molecule has 0 heterocycles. The van der Waals surface area contributed by atoms with Crippen LogP contribution in [0.1, 0.15) is 46.0 Å².